The third-order valence-electron chi connectivity index (χ3n) is 10.0. The molecule has 2 heterocycles. The van der Waals surface area contributed by atoms with Crippen LogP contribution in [0.4, 0.5) is 0 Å². The average molecular weight is 688 g/mol. The smallest absolute Gasteiger partial charge is 0.339 e. The van der Waals surface area contributed by atoms with E-state index in [4.69, 9.17) is 9.47 Å². The van der Waals surface area contributed by atoms with E-state index in [9.17, 15) is 39.8 Å². The number of hydrogen-bond acceptors (Lipinski definition) is 10. The van der Waals surface area contributed by atoms with Gasteiger partial charge in [-0.15, -0.1) is 0 Å². The molecule has 13 heteroatoms. The Morgan fingerprint density at radius 3 is 2.33 bits per heavy atom. The molecule has 0 aromatic rings. The Bertz CT molecular complexity index is 1440. The Kier molecular flexibility index (Phi) is 14.0. The van der Waals surface area contributed by atoms with Crippen molar-refractivity contribution in [3.8, 4) is 0 Å². The van der Waals surface area contributed by atoms with Crippen LogP contribution in [0, 0.1) is 27.4 Å². The lowest BCUT2D eigenvalue weighted by Gasteiger charge is -2.55. The van der Waals surface area contributed by atoms with Gasteiger partial charge in [0.1, 0.15) is 11.7 Å². The van der Waals surface area contributed by atoms with Gasteiger partial charge in [0, 0.05) is 33.2 Å². The number of amides is 2. The van der Waals surface area contributed by atoms with Gasteiger partial charge in [0.2, 0.25) is 23.1 Å². The van der Waals surface area contributed by atoms with Gasteiger partial charge < -0.3 is 35.0 Å². The molecule has 2 amide bonds. The third-order valence-corrected chi connectivity index (χ3v) is 10.0. The van der Waals surface area contributed by atoms with Crippen LogP contribution >= 0.6 is 0 Å². The van der Waals surface area contributed by atoms with Crippen molar-refractivity contribution in [2.75, 3.05) is 20.7 Å². The van der Waals surface area contributed by atoms with Crippen LogP contribution in [0.5, 0.6) is 0 Å². The minimum atomic E-state index is -1.87. The zero-order chi connectivity index (χ0) is 37.5. The fourth-order valence-corrected chi connectivity index (χ4v) is 6.46. The standard InChI is InChI=1S/C36H53N3O10/c1-22(26(5)39(46)47)17-13-11-14-18-23(2)30(41)34(7,8)32(43)37-20-16-12-15-19-28(40)24(3)21-29(48-10)36(45)25(4)31(42)38(9)35(36)27(6)49-33(35)44/h11-19,24-25,27-30,40-41,45H,20-21H2,1-10H3,(H,37,43)/b14-11-,16-12+,17-13+,19-15+,23-18-,26-22+/t24-,25+,27-,28+,29+,30-,35-,36-/m1/s1. The molecule has 2 fully saturated rings. The number of cyclic esters (lactones) is 1. The summed E-state index contributed by atoms with van der Waals surface area (Å²) in [6.07, 6.45) is 11.2. The number of likely N-dealkylation sites (N-methyl/N-ethyl adjacent to an activating group) is 1. The highest BCUT2D eigenvalue weighted by Gasteiger charge is 2.80. The molecule has 0 bridgehead atoms. The van der Waals surface area contributed by atoms with Gasteiger partial charge in [-0.3, -0.25) is 19.7 Å². The molecule has 0 aromatic carbocycles. The number of nitrogens with zero attached hydrogens (tertiary/aromatic N) is 2. The number of methoxy groups -OCH3 is 1. The van der Waals surface area contributed by atoms with Gasteiger partial charge in [-0.25, -0.2) is 4.79 Å². The van der Waals surface area contributed by atoms with E-state index in [2.05, 4.69) is 5.32 Å². The fourth-order valence-electron chi connectivity index (χ4n) is 6.46. The summed E-state index contributed by atoms with van der Waals surface area (Å²) < 4.78 is 10.9. The number of hydrogen-bond donors (Lipinski definition) is 4. The monoisotopic (exact) mass is 687 g/mol. The topological polar surface area (TPSA) is 189 Å². The van der Waals surface area contributed by atoms with Crippen LogP contribution in [0.2, 0.25) is 0 Å². The molecule has 272 valence electrons. The zero-order valence-corrected chi connectivity index (χ0v) is 30.2. The first-order valence-electron chi connectivity index (χ1n) is 16.3. The summed E-state index contributed by atoms with van der Waals surface area (Å²) in [6.45, 7) is 13.2. The molecule has 2 saturated heterocycles. The molecule has 4 N–H and O–H groups in total. The van der Waals surface area contributed by atoms with Crippen molar-refractivity contribution in [3.63, 3.8) is 0 Å². The Labute approximate surface area is 288 Å². The first kappa shape index (κ1) is 41.3. The second kappa shape index (κ2) is 16.7. The quantitative estimate of drug-likeness (QED) is 0.0812. The van der Waals surface area contributed by atoms with Crippen LogP contribution in [0.3, 0.4) is 0 Å². The minimum absolute atomic E-state index is 0.0567. The van der Waals surface area contributed by atoms with Crippen LogP contribution in [-0.2, 0) is 23.9 Å². The molecule has 2 aliphatic heterocycles. The molecule has 8 atom stereocenters. The number of nitro groups is 1. The van der Waals surface area contributed by atoms with E-state index in [-0.39, 0.29) is 24.6 Å². The number of likely N-dealkylation sites (tertiary alicyclic amines) is 1. The summed E-state index contributed by atoms with van der Waals surface area (Å²) in [5.74, 6) is -2.82. The van der Waals surface area contributed by atoms with Crippen molar-refractivity contribution in [1.82, 2.24) is 10.2 Å². The predicted molar refractivity (Wildman–Crippen MR) is 184 cm³/mol. The molecule has 2 aliphatic rings. The second-order valence-electron chi connectivity index (χ2n) is 13.5. The van der Waals surface area contributed by atoms with Crippen molar-refractivity contribution < 1.29 is 44.1 Å². The molecule has 1 spiro atoms. The second-order valence-corrected chi connectivity index (χ2v) is 13.5. The number of allylic oxidation sites excluding steroid dienone is 9. The normalized spacial score (nSPS) is 27.9. The SMILES string of the molecule is CO[C@@H](C[C@@H](C)[C@@H](O)/C=C/C=C/CNC(=O)C(C)(C)[C@H](O)\C(C)=C/C=C\C=C\C(C)=C(/C)[N+](=O)[O-])[C@]1(O)[C@@H](C)C(=O)N(C)[C@]12C(=O)O[C@@H]2C. The highest BCUT2D eigenvalue weighted by atomic mass is 16.6. The summed E-state index contributed by atoms with van der Waals surface area (Å²) in [5.41, 5.74) is -3.46. The van der Waals surface area contributed by atoms with Gasteiger partial charge >= 0.3 is 5.97 Å². The van der Waals surface area contributed by atoms with E-state index in [1.165, 1.54) is 26.0 Å². The molecule has 0 aliphatic carbocycles. The van der Waals surface area contributed by atoms with Crippen LogP contribution in [0.15, 0.2) is 71.5 Å². The lowest BCUT2D eigenvalue weighted by atomic mass is 9.65. The maximum atomic E-state index is 12.9. The summed E-state index contributed by atoms with van der Waals surface area (Å²) >= 11 is 0. The maximum absolute atomic E-state index is 12.9. The number of nitrogens with one attached hydrogen (secondary N) is 1. The van der Waals surface area contributed by atoms with Gasteiger partial charge in [0.25, 0.3) is 0 Å². The van der Waals surface area contributed by atoms with Crippen molar-refractivity contribution in [3.05, 3.63) is 81.6 Å². The summed E-state index contributed by atoms with van der Waals surface area (Å²) in [5, 5.41) is 47.2. The number of carbonyl (C=O) groups excluding carboxylic acids is 3. The third kappa shape index (κ3) is 8.12. The van der Waals surface area contributed by atoms with Crippen molar-refractivity contribution >= 4 is 17.8 Å². The minimum Gasteiger partial charge on any atom is -0.457 e. The number of carbonyl (C=O) groups is 3. The largest absolute Gasteiger partial charge is 0.457 e. The van der Waals surface area contributed by atoms with E-state index in [1.807, 2.05) is 0 Å². The van der Waals surface area contributed by atoms with E-state index >= 15 is 0 Å². The predicted octanol–water partition coefficient (Wildman–Crippen LogP) is 3.16. The molecule has 13 nitrogen and oxygen atoms in total. The van der Waals surface area contributed by atoms with Crippen LogP contribution in [0.1, 0.15) is 61.8 Å². The van der Waals surface area contributed by atoms with Crippen LogP contribution < -0.4 is 5.32 Å². The Hall–Kier alpha value is -3.91. The average Bonchev–Trinajstić information content (AvgIpc) is 3.22. The van der Waals surface area contributed by atoms with Crippen LogP contribution in [-0.4, -0.2) is 99.2 Å². The Morgan fingerprint density at radius 1 is 1.14 bits per heavy atom. The molecular formula is C36H53N3O10. The van der Waals surface area contributed by atoms with Gasteiger partial charge in [-0.05, 0) is 52.5 Å². The number of esters is 1. The molecule has 49 heavy (non-hydrogen) atoms. The summed E-state index contributed by atoms with van der Waals surface area (Å²) in [7, 11) is 2.87. The molecule has 0 saturated carbocycles. The molecule has 0 aromatic heterocycles. The van der Waals surface area contributed by atoms with Crippen molar-refractivity contribution in [2.24, 2.45) is 17.3 Å². The number of rotatable bonds is 16. The van der Waals surface area contributed by atoms with Crippen LogP contribution in [0.25, 0.3) is 0 Å². The lowest BCUT2D eigenvalue weighted by molar-refractivity contribution is -0.425. The van der Waals surface area contributed by atoms with E-state index < -0.39 is 69.6 Å². The van der Waals surface area contributed by atoms with E-state index in [0.717, 1.165) is 0 Å². The van der Waals surface area contributed by atoms with Gasteiger partial charge in [0.05, 0.1) is 34.6 Å². The van der Waals surface area contributed by atoms with Gasteiger partial charge in [-0.1, -0.05) is 68.5 Å². The summed E-state index contributed by atoms with van der Waals surface area (Å²) in [6, 6.07) is 0. The molecule has 2 rings (SSSR count). The van der Waals surface area contributed by atoms with Crippen molar-refractivity contribution in [2.45, 2.75) is 97.4 Å². The maximum Gasteiger partial charge on any atom is 0.339 e. The highest BCUT2D eigenvalue weighted by molar-refractivity contribution is 5.99. The lowest BCUT2D eigenvalue weighted by Crippen LogP contribution is -2.80. The highest BCUT2D eigenvalue weighted by Crippen LogP contribution is 2.54. The van der Waals surface area contributed by atoms with E-state index in [1.54, 1.807) is 103 Å². The number of aliphatic hydroxyl groups is 3. The Morgan fingerprint density at radius 2 is 1.78 bits per heavy atom. The molecular weight excluding hydrogens is 634 g/mol. The first-order chi connectivity index (χ1) is 22.7. The zero-order valence-electron chi connectivity index (χ0n) is 30.2. The first-order valence-corrected chi connectivity index (χ1v) is 16.3. The van der Waals surface area contributed by atoms with Gasteiger partial charge in [0.15, 0.2) is 0 Å². The summed E-state index contributed by atoms with van der Waals surface area (Å²) in [4.78, 5) is 50.2. The number of aliphatic hydroxyl groups excluding tert-OH is 2. The van der Waals surface area contributed by atoms with Crippen molar-refractivity contribution in [1.29, 1.82) is 0 Å². The van der Waals surface area contributed by atoms with Gasteiger partial charge in [-0.2, -0.15) is 0 Å². The Balaban J connectivity index is 1.95. The molecule has 0 radical (unpaired) electrons. The molecule has 0 unspecified atom stereocenters. The number of ether oxygens (including phenoxy) is 2. The van der Waals surface area contributed by atoms with E-state index in [0.29, 0.717) is 11.1 Å². The fraction of sp³-hybridized carbons (Fsp3) is 0.583.